The summed E-state index contributed by atoms with van der Waals surface area (Å²) in [5.41, 5.74) is 0. The van der Waals surface area contributed by atoms with Gasteiger partial charge in [0.1, 0.15) is 24.8 Å². The van der Waals surface area contributed by atoms with Gasteiger partial charge in [-0.05, 0) is 34.1 Å². The van der Waals surface area contributed by atoms with E-state index in [9.17, 15) is 17.6 Å². The fourth-order valence-electron chi connectivity index (χ4n) is 0.991. The van der Waals surface area contributed by atoms with Gasteiger partial charge in [0.2, 0.25) is 0 Å². The van der Waals surface area contributed by atoms with Crippen LogP contribution in [-0.4, -0.2) is 26.0 Å². The van der Waals surface area contributed by atoms with Gasteiger partial charge in [-0.2, -0.15) is 13.2 Å². The van der Waals surface area contributed by atoms with Crippen molar-refractivity contribution in [3.05, 3.63) is 28.5 Å². The van der Waals surface area contributed by atoms with E-state index in [1.54, 1.807) is 0 Å². The average Bonchev–Trinajstić information content (AvgIpc) is 2.18. The first-order valence-electron chi connectivity index (χ1n) is 4.61. The van der Waals surface area contributed by atoms with Crippen LogP contribution in [0.5, 0.6) is 5.75 Å². The molecule has 1 rings (SSSR count). The standard InChI is InChI=1S/C10H9BrF4O2/c11-8-5-7(12)1-2-9(8)17-4-3-16-6-10(13,14)15/h1-2,5H,3-4,6H2. The van der Waals surface area contributed by atoms with Crippen molar-refractivity contribution < 1.29 is 27.0 Å². The maximum atomic E-state index is 12.7. The molecule has 0 amide bonds. The highest BCUT2D eigenvalue weighted by Crippen LogP contribution is 2.25. The molecule has 0 N–H and O–H groups in total. The molecule has 96 valence electrons. The Labute approximate surface area is 104 Å². The minimum absolute atomic E-state index is 0.0414. The molecule has 0 bridgehead atoms. The van der Waals surface area contributed by atoms with Crippen molar-refractivity contribution in [2.45, 2.75) is 6.18 Å². The van der Waals surface area contributed by atoms with Gasteiger partial charge in [0, 0.05) is 0 Å². The van der Waals surface area contributed by atoms with Crippen LogP contribution in [0.15, 0.2) is 22.7 Å². The summed E-state index contributed by atoms with van der Waals surface area (Å²) in [4.78, 5) is 0. The van der Waals surface area contributed by atoms with Crippen LogP contribution in [0.1, 0.15) is 0 Å². The first-order valence-corrected chi connectivity index (χ1v) is 5.40. The SMILES string of the molecule is Fc1ccc(OCCOCC(F)(F)F)c(Br)c1. The Morgan fingerprint density at radius 2 is 1.88 bits per heavy atom. The molecule has 0 unspecified atom stereocenters. The number of ether oxygens (including phenoxy) is 2. The number of alkyl halides is 3. The van der Waals surface area contributed by atoms with Gasteiger partial charge in [-0.15, -0.1) is 0 Å². The number of hydrogen-bond donors (Lipinski definition) is 0. The topological polar surface area (TPSA) is 18.5 Å². The van der Waals surface area contributed by atoms with Crippen molar-refractivity contribution in [1.82, 2.24) is 0 Å². The Bertz CT molecular complexity index is 368. The predicted molar refractivity (Wildman–Crippen MR) is 56.5 cm³/mol. The van der Waals surface area contributed by atoms with Gasteiger partial charge in [0.05, 0.1) is 11.1 Å². The molecule has 1 aromatic carbocycles. The van der Waals surface area contributed by atoms with Gasteiger partial charge in [-0.1, -0.05) is 0 Å². The van der Waals surface area contributed by atoms with Crippen molar-refractivity contribution in [2.24, 2.45) is 0 Å². The molecule has 0 aliphatic carbocycles. The zero-order chi connectivity index (χ0) is 12.9. The number of halogens is 5. The second kappa shape index (κ2) is 6.20. The molecule has 0 aromatic heterocycles. The summed E-state index contributed by atoms with van der Waals surface area (Å²) in [6.07, 6.45) is -4.34. The lowest BCUT2D eigenvalue weighted by Gasteiger charge is -2.10. The maximum Gasteiger partial charge on any atom is 0.411 e. The van der Waals surface area contributed by atoms with Crippen LogP contribution in [0, 0.1) is 5.82 Å². The second-order valence-corrected chi connectivity index (χ2v) is 3.95. The van der Waals surface area contributed by atoms with Gasteiger partial charge in [0.15, 0.2) is 0 Å². The summed E-state index contributed by atoms with van der Waals surface area (Å²) in [5, 5.41) is 0. The molecular formula is C10H9BrF4O2. The van der Waals surface area contributed by atoms with E-state index in [1.165, 1.54) is 18.2 Å². The average molecular weight is 317 g/mol. The van der Waals surface area contributed by atoms with Crippen molar-refractivity contribution in [3.8, 4) is 5.75 Å². The largest absolute Gasteiger partial charge is 0.490 e. The monoisotopic (exact) mass is 316 g/mol. The number of hydrogen-bond acceptors (Lipinski definition) is 2. The third-order valence-electron chi connectivity index (χ3n) is 1.64. The van der Waals surface area contributed by atoms with E-state index < -0.39 is 18.6 Å². The van der Waals surface area contributed by atoms with Crippen molar-refractivity contribution in [2.75, 3.05) is 19.8 Å². The summed E-state index contributed by atoms with van der Waals surface area (Å²) in [6.45, 7) is -1.54. The van der Waals surface area contributed by atoms with Crippen LogP contribution in [0.4, 0.5) is 17.6 Å². The van der Waals surface area contributed by atoms with Crippen LogP contribution in [0.25, 0.3) is 0 Å². The molecule has 0 saturated carbocycles. The van der Waals surface area contributed by atoms with Gasteiger partial charge in [-0.25, -0.2) is 4.39 Å². The third kappa shape index (κ3) is 5.88. The van der Waals surface area contributed by atoms with Gasteiger partial charge in [-0.3, -0.25) is 0 Å². The molecule has 0 fully saturated rings. The summed E-state index contributed by atoms with van der Waals surface area (Å²) in [7, 11) is 0. The van der Waals surface area contributed by atoms with Gasteiger partial charge < -0.3 is 9.47 Å². The van der Waals surface area contributed by atoms with E-state index >= 15 is 0 Å². The Hall–Kier alpha value is -0.820. The molecule has 0 saturated heterocycles. The van der Waals surface area contributed by atoms with E-state index in [0.29, 0.717) is 10.2 Å². The van der Waals surface area contributed by atoms with Crippen molar-refractivity contribution in [3.63, 3.8) is 0 Å². The molecule has 17 heavy (non-hydrogen) atoms. The minimum atomic E-state index is -4.34. The lowest BCUT2D eigenvalue weighted by atomic mass is 10.3. The Morgan fingerprint density at radius 3 is 2.47 bits per heavy atom. The molecule has 0 aliphatic heterocycles. The zero-order valence-electron chi connectivity index (χ0n) is 8.56. The third-order valence-corrected chi connectivity index (χ3v) is 2.26. The van der Waals surface area contributed by atoms with Crippen LogP contribution < -0.4 is 4.74 Å². The van der Waals surface area contributed by atoms with Crippen molar-refractivity contribution >= 4 is 15.9 Å². The molecule has 0 heterocycles. The number of benzene rings is 1. The fraction of sp³-hybridized carbons (Fsp3) is 0.400. The van der Waals surface area contributed by atoms with Crippen LogP contribution in [-0.2, 0) is 4.74 Å². The van der Waals surface area contributed by atoms with Crippen LogP contribution in [0.2, 0.25) is 0 Å². The van der Waals surface area contributed by atoms with Gasteiger partial charge in [0.25, 0.3) is 0 Å². The second-order valence-electron chi connectivity index (χ2n) is 3.09. The smallest absolute Gasteiger partial charge is 0.411 e. The summed E-state index contributed by atoms with van der Waals surface area (Å²) in [5.74, 6) is -0.0837. The molecule has 1 aromatic rings. The highest BCUT2D eigenvalue weighted by atomic mass is 79.9. The highest BCUT2D eigenvalue weighted by molar-refractivity contribution is 9.10. The molecule has 0 radical (unpaired) electrons. The summed E-state index contributed by atoms with van der Waals surface area (Å²) < 4.78 is 57.6. The maximum absolute atomic E-state index is 12.7. The predicted octanol–water partition coefficient (Wildman–Crippen LogP) is 3.55. The van der Waals surface area contributed by atoms with E-state index in [1.807, 2.05) is 0 Å². The molecular weight excluding hydrogens is 308 g/mol. The number of rotatable bonds is 5. The molecule has 0 aliphatic rings. The van der Waals surface area contributed by atoms with E-state index in [2.05, 4.69) is 20.7 Å². The fourth-order valence-corrected chi connectivity index (χ4v) is 1.46. The Balaban J connectivity index is 2.27. The first-order chi connectivity index (χ1) is 7.88. The zero-order valence-corrected chi connectivity index (χ0v) is 10.1. The lowest BCUT2D eigenvalue weighted by Crippen LogP contribution is -2.19. The van der Waals surface area contributed by atoms with E-state index in [-0.39, 0.29) is 13.2 Å². The molecule has 0 atom stereocenters. The van der Waals surface area contributed by atoms with Crippen LogP contribution >= 0.6 is 15.9 Å². The quantitative estimate of drug-likeness (QED) is 0.611. The van der Waals surface area contributed by atoms with E-state index in [4.69, 9.17) is 4.74 Å². The normalized spacial score (nSPS) is 11.6. The Morgan fingerprint density at radius 1 is 1.18 bits per heavy atom. The lowest BCUT2D eigenvalue weighted by molar-refractivity contribution is -0.175. The Kier molecular flexibility index (Phi) is 5.20. The first kappa shape index (κ1) is 14.2. The molecule has 0 spiro atoms. The summed E-state index contributed by atoms with van der Waals surface area (Å²) in [6, 6.07) is 3.77. The minimum Gasteiger partial charge on any atom is -0.490 e. The van der Waals surface area contributed by atoms with Gasteiger partial charge >= 0.3 is 6.18 Å². The van der Waals surface area contributed by atoms with Crippen LogP contribution in [0.3, 0.4) is 0 Å². The highest BCUT2D eigenvalue weighted by Gasteiger charge is 2.27. The molecule has 2 nitrogen and oxygen atoms in total. The van der Waals surface area contributed by atoms with E-state index in [0.717, 1.165) is 0 Å². The summed E-state index contributed by atoms with van der Waals surface area (Å²) >= 11 is 3.06. The molecule has 7 heteroatoms. The van der Waals surface area contributed by atoms with Crippen molar-refractivity contribution in [1.29, 1.82) is 0 Å².